The highest BCUT2D eigenvalue weighted by atomic mass is 35.5. The molecule has 2 heterocycles. The molecule has 0 bridgehead atoms. The van der Waals surface area contributed by atoms with E-state index in [-0.39, 0.29) is 17.9 Å². The van der Waals surface area contributed by atoms with E-state index < -0.39 is 23.8 Å². The van der Waals surface area contributed by atoms with E-state index in [1.165, 1.54) is 0 Å². The first-order valence-electron chi connectivity index (χ1n) is 10.3. The minimum Gasteiger partial charge on any atom is -0.432 e. The molecule has 1 aromatic rings. The van der Waals surface area contributed by atoms with Gasteiger partial charge in [-0.25, -0.2) is 4.79 Å². The summed E-state index contributed by atoms with van der Waals surface area (Å²) in [6, 6.07) is 7.77. The Bertz CT molecular complexity index is 750. The van der Waals surface area contributed by atoms with Crippen LogP contribution < -0.4 is 4.90 Å². The number of hydrogen-bond donors (Lipinski definition) is 0. The van der Waals surface area contributed by atoms with Gasteiger partial charge in [-0.2, -0.15) is 0 Å². The third kappa shape index (κ3) is 5.04. The first kappa shape index (κ1) is 21.9. The second-order valence-corrected chi connectivity index (χ2v) is 9.33. The normalized spacial score (nSPS) is 25.3. The number of carbonyl (C=O) groups excluding carboxylic acids is 2. The van der Waals surface area contributed by atoms with Crippen molar-refractivity contribution in [3.8, 4) is 0 Å². The van der Waals surface area contributed by atoms with Crippen LogP contribution in [0, 0.1) is 11.8 Å². The lowest BCUT2D eigenvalue weighted by Crippen LogP contribution is -2.57. The van der Waals surface area contributed by atoms with Gasteiger partial charge in [0.25, 0.3) is 0 Å². The first-order valence-corrected chi connectivity index (χ1v) is 10.7. The van der Waals surface area contributed by atoms with Crippen molar-refractivity contribution in [2.24, 2.45) is 11.8 Å². The third-order valence-corrected chi connectivity index (χ3v) is 5.75. The molecule has 0 spiro atoms. The van der Waals surface area contributed by atoms with Gasteiger partial charge in [0.2, 0.25) is 11.7 Å². The SMILES string of the molecule is CC(C)C[C@@H](C(=O)N1CCN(c2ccc(Cl)cc2)C[C@H]1C)[C@@H]1OC(C)(C)OC1=O. The van der Waals surface area contributed by atoms with Crippen LogP contribution in [-0.2, 0) is 19.1 Å². The maximum absolute atomic E-state index is 13.5. The average Bonchev–Trinajstić information content (AvgIpc) is 2.91. The molecule has 3 atom stereocenters. The van der Waals surface area contributed by atoms with Crippen molar-refractivity contribution in [2.75, 3.05) is 24.5 Å². The van der Waals surface area contributed by atoms with E-state index in [1.807, 2.05) is 49.9 Å². The summed E-state index contributed by atoms with van der Waals surface area (Å²) >= 11 is 5.99. The first-order chi connectivity index (χ1) is 13.6. The number of benzene rings is 1. The van der Waals surface area contributed by atoms with Crippen LogP contribution in [0.5, 0.6) is 0 Å². The fourth-order valence-electron chi connectivity index (χ4n) is 4.17. The Kier molecular flexibility index (Phi) is 6.44. The number of piperazine rings is 1. The maximum Gasteiger partial charge on any atom is 0.338 e. The van der Waals surface area contributed by atoms with E-state index in [4.69, 9.17) is 21.1 Å². The molecule has 2 saturated heterocycles. The van der Waals surface area contributed by atoms with Crippen molar-refractivity contribution in [3.05, 3.63) is 29.3 Å². The van der Waals surface area contributed by atoms with Crippen molar-refractivity contribution < 1.29 is 19.1 Å². The second kappa shape index (κ2) is 8.52. The van der Waals surface area contributed by atoms with Crippen molar-refractivity contribution in [2.45, 2.75) is 59.0 Å². The summed E-state index contributed by atoms with van der Waals surface area (Å²) in [6.45, 7) is 11.6. The molecule has 0 radical (unpaired) electrons. The van der Waals surface area contributed by atoms with Gasteiger partial charge in [-0.3, -0.25) is 4.79 Å². The molecule has 2 fully saturated rings. The van der Waals surface area contributed by atoms with Crippen LogP contribution in [0.15, 0.2) is 24.3 Å². The lowest BCUT2D eigenvalue weighted by molar-refractivity contribution is -0.163. The number of halogens is 1. The Morgan fingerprint density at radius 1 is 1.24 bits per heavy atom. The highest BCUT2D eigenvalue weighted by Crippen LogP contribution is 2.33. The Labute approximate surface area is 178 Å². The Hall–Kier alpha value is -1.79. The highest BCUT2D eigenvalue weighted by Gasteiger charge is 2.49. The topological polar surface area (TPSA) is 59.1 Å². The Morgan fingerprint density at radius 3 is 2.41 bits per heavy atom. The van der Waals surface area contributed by atoms with Crippen LogP contribution in [0.2, 0.25) is 5.02 Å². The molecule has 0 aliphatic carbocycles. The number of cyclic esters (lactones) is 1. The minimum atomic E-state index is -0.990. The van der Waals surface area contributed by atoms with Crippen LogP contribution >= 0.6 is 11.6 Å². The number of rotatable bonds is 5. The van der Waals surface area contributed by atoms with Crippen molar-refractivity contribution >= 4 is 29.2 Å². The molecule has 6 nitrogen and oxygen atoms in total. The number of ether oxygens (including phenoxy) is 2. The number of hydrogen-bond acceptors (Lipinski definition) is 5. The van der Waals surface area contributed by atoms with Crippen LogP contribution in [0.3, 0.4) is 0 Å². The van der Waals surface area contributed by atoms with Crippen LogP contribution in [0.4, 0.5) is 5.69 Å². The molecule has 0 aromatic heterocycles. The summed E-state index contributed by atoms with van der Waals surface area (Å²) in [4.78, 5) is 30.0. The fraction of sp³-hybridized carbons (Fsp3) is 0.636. The number of esters is 1. The van der Waals surface area contributed by atoms with Gasteiger partial charge in [-0.05, 0) is 43.5 Å². The van der Waals surface area contributed by atoms with Gasteiger partial charge < -0.3 is 19.3 Å². The van der Waals surface area contributed by atoms with E-state index in [9.17, 15) is 9.59 Å². The molecular formula is C22H31ClN2O4. The van der Waals surface area contributed by atoms with Gasteiger partial charge in [0.1, 0.15) is 0 Å². The molecule has 1 aromatic carbocycles. The molecule has 2 aliphatic heterocycles. The smallest absolute Gasteiger partial charge is 0.338 e. The summed E-state index contributed by atoms with van der Waals surface area (Å²) in [5.41, 5.74) is 1.09. The van der Waals surface area contributed by atoms with Gasteiger partial charge in [-0.1, -0.05) is 25.4 Å². The lowest BCUT2D eigenvalue weighted by Gasteiger charge is -2.42. The minimum absolute atomic E-state index is 0.0204. The van der Waals surface area contributed by atoms with E-state index in [2.05, 4.69) is 4.90 Å². The molecule has 0 N–H and O–H groups in total. The van der Waals surface area contributed by atoms with Crippen LogP contribution in [0.25, 0.3) is 0 Å². The molecule has 2 aliphatic rings. The van der Waals surface area contributed by atoms with E-state index in [1.54, 1.807) is 13.8 Å². The lowest BCUT2D eigenvalue weighted by atomic mass is 9.90. The molecule has 1 amide bonds. The number of anilines is 1. The largest absolute Gasteiger partial charge is 0.432 e. The molecule has 7 heteroatoms. The van der Waals surface area contributed by atoms with E-state index >= 15 is 0 Å². The van der Waals surface area contributed by atoms with E-state index in [0.717, 1.165) is 18.8 Å². The predicted octanol–water partition coefficient (Wildman–Crippen LogP) is 3.72. The summed E-state index contributed by atoms with van der Waals surface area (Å²) < 4.78 is 11.2. The van der Waals surface area contributed by atoms with Gasteiger partial charge in [0.15, 0.2) is 6.10 Å². The Morgan fingerprint density at radius 2 is 1.90 bits per heavy atom. The monoisotopic (exact) mass is 422 g/mol. The highest BCUT2D eigenvalue weighted by molar-refractivity contribution is 6.30. The molecule has 3 rings (SSSR count). The van der Waals surface area contributed by atoms with Gasteiger partial charge in [-0.15, -0.1) is 0 Å². The zero-order valence-electron chi connectivity index (χ0n) is 17.9. The summed E-state index contributed by atoms with van der Waals surface area (Å²) in [6.07, 6.45) is -0.264. The number of amides is 1. The van der Waals surface area contributed by atoms with Gasteiger partial charge in [0, 0.05) is 50.2 Å². The molecule has 29 heavy (non-hydrogen) atoms. The number of nitrogens with zero attached hydrogens (tertiary/aromatic N) is 2. The van der Waals surface area contributed by atoms with Crippen LogP contribution in [0.1, 0.15) is 41.0 Å². The maximum atomic E-state index is 13.5. The Balaban J connectivity index is 1.73. The third-order valence-electron chi connectivity index (χ3n) is 5.50. The second-order valence-electron chi connectivity index (χ2n) is 8.90. The summed E-state index contributed by atoms with van der Waals surface area (Å²) in [5.74, 6) is -1.73. The molecule has 160 valence electrons. The zero-order valence-corrected chi connectivity index (χ0v) is 18.6. The van der Waals surface area contributed by atoms with Gasteiger partial charge in [0.05, 0.1) is 5.92 Å². The van der Waals surface area contributed by atoms with E-state index in [0.29, 0.717) is 18.0 Å². The molecular weight excluding hydrogens is 392 g/mol. The van der Waals surface area contributed by atoms with Crippen molar-refractivity contribution in [1.29, 1.82) is 0 Å². The standard InChI is InChI=1S/C22H31ClN2O4/c1-14(2)12-18(19-21(27)29-22(4,5)28-19)20(26)25-11-10-24(13-15(25)3)17-8-6-16(23)7-9-17/h6-9,14-15,18-19H,10-13H2,1-5H3/t15-,18-,19+/m1/s1. The fourth-order valence-corrected chi connectivity index (χ4v) is 4.30. The van der Waals surface area contributed by atoms with Crippen molar-refractivity contribution in [1.82, 2.24) is 4.90 Å². The summed E-state index contributed by atoms with van der Waals surface area (Å²) in [7, 11) is 0. The summed E-state index contributed by atoms with van der Waals surface area (Å²) in [5, 5.41) is 0.707. The van der Waals surface area contributed by atoms with Crippen LogP contribution in [-0.4, -0.2) is 54.3 Å². The number of carbonyl (C=O) groups is 2. The average molecular weight is 423 g/mol. The molecule has 0 unspecified atom stereocenters. The molecule has 0 saturated carbocycles. The van der Waals surface area contributed by atoms with Gasteiger partial charge >= 0.3 is 5.97 Å². The quantitative estimate of drug-likeness (QED) is 0.677. The van der Waals surface area contributed by atoms with Crippen molar-refractivity contribution in [3.63, 3.8) is 0 Å². The zero-order chi connectivity index (χ0) is 21.3. The predicted molar refractivity (Wildman–Crippen MR) is 113 cm³/mol.